The Kier molecular flexibility index (Phi) is 5.83. The number of hydrogen-bond acceptors (Lipinski definition) is 1. The molecule has 0 spiro atoms. The predicted octanol–water partition coefficient (Wildman–Crippen LogP) is 2.52. The largest absolute Gasteiger partial charge is 0.480 e. The van der Waals surface area contributed by atoms with E-state index in [0.717, 1.165) is 0 Å². The topological polar surface area (TPSA) is 9.23 Å². The second-order valence-electron chi connectivity index (χ2n) is 0.963. The number of rotatable bonds is 3. The van der Waals surface area contributed by atoms with Crippen LogP contribution in [0, 0.1) is 0 Å². The van der Waals surface area contributed by atoms with Crippen LogP contribution in [0.25, 0.3) is 0 Å². The number of alkyl halides is 2. The predicted molar refractivity (Wildman–Crippen MR) is 36.4 cm³/mol. The Balaban J connectivity index is 3.10. The van der Waals surface area contributed by atoms with Gasteiger partial charge in [-0.1, -0.05) is 23.2 Å². The fourth-order valence-electron chi connectivity index (χ4n) is 0.151. The van der Waals surface area contributed by atoms with Gasteiger partial charge in [0.15, 0.2) is 5.56 Å². The monoisotopic (exact) mass is 174 g/mol. The van der Waals surface area contributed by atoms with E-state index in [0.29, 0.717) is 0 Å². The summed E-state index contributed by atoms with van der Waals surface area (Å²) in [4.78, 5) is 0. The summed E-state index contributed by atoms with van der Waals surface area (Å²) >= 11 is 15.7. The first-order valence-corrected chi connectivity index (χ1v) is 3.32. The van der Waals surface area contributed by atoms with Gasteiger partial charge in [-0.15, -0.1) is 11.6 Å². The van der Waals surface area contributed by atoms with Crippen molar-refractivity contribution in [1.82, 2.24) is 0 Å². The first kappa shape index (κ1) is 8.41. The second kappa shape index (κ2) is 5.54. The normalized spacial score (nSPS) is 14.4. The van der Waals surface area contributed by atoms with Crippen LogP contribution in [0.15, 0.2) is 11.8 Å². The van der Waals surface area contributed by atoms with Crippen molar-refractivity contribution >= 4 is 34.8 Å². The third kappa shape index (κ3) is 4.57. The molecule has 0 rings (SSSR count). The van der Waals surface area contributed by atoms with E-state index in [9.17, 15) is 0 Å². The highest BCUT2D eigenvalue weighted by Gasteiger charge is 1.96. The van der Waals surface area contributed by atoms with Crippen molar-refractivity contribution in [3.8, 4) is 0 Å². The zero-order chi connectivity index (χ0) is 6.41. The summed E-state index contributed by atoms with van der Waals surface area (Å²) < 4.78 is 4.66. The number of hydrogen-bond donors (Lipinski definition) is 0. The molecule has 0 heterocycles. The van der Waals surface area contributed by atoms with Crippen molar-refractivity contribution in [1.29, 1.82) is 0 Å². The quantitative estimate of drug-likeness (QED) is 0.473. The van der Waals surface area contributed by atoms with Crippen LogP contribution in [0.5, 0.6) is 0 Å². The minimum absolute atomic E-state index is 0.253. The highest BCUT2D eigenvalue weighted by Crippen LogP contribution is 2.00. The lowest BCUT2D eigenvalue weighted by atomic mass is 10.8. The zero-order valence-corrected chi connectivity index (χ0v) is 6.25. The standard InChI is InChI=1S/C4H5Cl3O/c5-1-2-8-4(7)3-6/h1-2,4H,3H2/b2-1-. The van der Waals surface area contributed by atoms with Gasteiger partial charge in [-0.3, -0.25) is 0 Å². The molecular weight excluding hydrogens is 170 g/mol. The van der Waals surface area contributed by atoms with Crippen LogP contribution in [-0.2, 0) is 4.74 Å². The fourth-order valence-corrected chi connectivity index (χ4v) is 0.343. The van der Waals surface area contributed by atoms with Crippen molar-refractivity contribution < 1.29 is 4.74 Å². The van der Waals surface area contributed by atoms with Gasteiger partial charge in [0.1, 0.15) is 0 Å². The van der Waals surface area contributed by atoms with E-state index in [1.165, 1.54) is 11.8 Å². The molecule has 1 unspecified atom stereocenters. The molecule has 1 atom stereocenters. The lowest BCUT2D eigenvalue weighted by molar-refractivity contribution is 0.236. The van der Waals surface area contributed by atoms with Crippen molar-refractivity contribution in [3.05, 3.63) is 11.8 Å². The molecule has 0 aliphatic carbocycles. The molecule has 1 nitrogen and oxygen atoms in total. The Bertz CT molecular complexity index is 73.7. The summed E-state index contributed by atoms with van der Waals surface area (Å²) in [6.07, 6.45) is 1.28. The molecule has 0 saturated carbocycles. The van der Waals surface area contributed by atoms with E-state index >= 15 is 0 Å². The molecule has 0 fully saturated rings. The Morgan fingerprint density at radius 3 is 2.62 bits per heavy atom. The minimum atomic E-state index is -0.480. The molecule has 48 valence electrons. The summed E-state index contributed by atoms with van der Waals surface area (Å²) in [5, 5.41) is 0. The Morgan fingerprint density at radius 1 is 1.62 bits per heavy atom. The lowest BCUT2D eigenvalue weighted by Gasteiger charge is -2.01. The van der Waals surface area contributed by atoms with Crippen LogP contribution in [0.2, 0.25) is 0 Å². The molecule has 0 bridgehead atoms. The summed E-state index contributed by atoms with van der Waals surface area (Å²) in [6.45, 7) is 0. The fraction of sp³-hybridized carbons (Fsp3) is 0.500. The third-order valence-electron chi connectivity index (χ3n) is 0.399. The molecule has 0 aromatic carbocycles. The average molecular weight is 175 g/mol. The molecule has 4 heteroatoms. The molecule has 0 aromatic heterocycles. The van der Waals surface area contributed by atoms with Gasteiger partial charge >= 0.3 is 0 Å². The molecule has 0 N–H and O–H groups in total. The first-order valence-electron chi connectivity index (χ1n) is 1.92. The van der Waals surface area contributed by atoms with Crippen LogP contribution in [0.4, 0.5) is 0 Å². The molecule has 0 aromatic rings. The molecular formula is C4H5Cl3O. The van der Waals surface area contributed by atoms with Gasteiger partial charge < -0.3 is 4.74 Å². The number of ether oxygens (including phenoxy) is 1. The molecule has 0 aliphatic heterocycles. The van der Waals surface area contributed by atoms with Crippen LogP contribution in [0.3, 0.4) is 0 Å². The lowest BCUT2D eigenvalue weighted by Crippen LogP contribution is -2.00. The Morgan fingerprint density at radius 2 is 2.25 bits per heavy atom. The van der Waals surface area contributed by atoms with E-state index in [2.05, 4.69) is 4.74 Å². The molecule has 0 saturated heterocycles. The average Bonchev–Trinajstić information content (AvgIpc) is 1.83. The van der Waals surface area contributed by atoms with Crippen molar-refractivity contribution in [3.63, 3.8) is 0 Å². The minimum Gasteiger partial charge on any atom is -0.480 e. The highest BCUT2D eigenvalue weighted by atomic mass is 35.5. The maximum absolute atomic E-state index is 5.38. The van der Waals surface area contributed by atoms with Gasteiger partial charge in [-0.25, -0.2) is 0 Å². The zero-order valence-electron chi connectivity index (χ0n) is 3.98. The van der Waals surface area contributed by atoms with Crippen LogP contribution >= 0.6 is 34.8 Å². The van der Waals surface area contributed by atoms with Crippen LogP contribution in [-0.4, -0.2) is 11.4 Å². The Labute approximate surface area is 63.2 Å². The van der Waals surface area contributed by atoms with E-state index < -0.39 is 5.56 Å². The van der Waals surface area contributed by atoms with Crippen molar-refractivity contribution in [2.24, 2.45) is 0 Å². The highest BCUT2D eigenvalue weighted by molar-refractivity contribution is 6.27. The second-order valence-corrected chi connectivity index (χ2v) is 2.01. The summed E-state index contributed by atoms with van der Waals surface area (Å²) in [7, 11) is 0. The molecule has 0 amide bonds. The van der Waals surface area contributed by atoms with Crippen LogP contribution < -0.4 is 0 Å². The molecule has 0 radical (unpaired) electrons. The van der Waals surface area contributed by atoms with Gasteiger partial charge in [0.05, 0.1) is 12.1 Å². The van der Waals surface area contributed by atoms with E-state index in [1.807, 2.05) is 0 Å². The smallest absolute Gasteiger partial charge is 0.184 e. The maximum Gasteiger partial charge on any atom is 0.184 e. The van der Waals surface area contributed by atoms with Gasteiger partial charge in [-0.05, 0) is 0 Å². The Hall–Kier alpha value is 0.410. The molecule has 0 aliphatic rings. The maximum atomic E-state index is 5.38. The first-order chi connectivity index (χ1) is 3.81. The van der Waals surface area contributed by atoms with Gasteiger partial charge in [0.2, 0.25) is 0 Å². The molecule has 8 heavy (non-hydrogen) atoms. The summed E-state index contributed by atoms with van der Waals surface area (Å²) in [6, 6.07) is 0. The van der Waals surface area contributed by atoms with Crippen molar-refractivity contribution in [2.75, 3.05) is 5.88 Å². The SMILES string of the molecule is Cl/C=C\OC(Cl)CCl. The van der Waals surface area contributed by atoms with Gasteiger partial charge in [0.25, 0.3) is 0 Å². The van der Waals surface area contributed by atoms with Crippen molar-refractivity contribution in [2.45, 2.75) is 5.56 Å². The van der Waals surface area contributed by atoms with E-state index in [-0.39, 0.29) is 5.88 Å². The van der Waals surface area contributed by atoms with E-state index in [1.54, 1.807) is 0 Å². The van der Waals surface area contributed by atoms with Gasteiger partial charge in [0, 0.05) is 5.54 Å². The summed E-state index contributed by atoms with van der Waals surface area (Å²) in [5.41, 5.74) is 0.744. The summed E-state index contributed by atoms with van der Waals surface area (Å²) in [5.74, 6) is 0.253. The van der Waals surface area contributed by atoms with Crippen LogP contribution in [0.1, 0.15) is 0 Å². The van der Waals surface area contributed by atoms with Gasteiger partial charge in [-0.2, -0.15) is 0 Å². The van der Waals surface area contributed by atoms with E-state index in [4.69, 9.17) is 34.8 Å². The number of halogens is 3. The third-order valence-corrected chi connectivity index (χ3v) is 1.20.